The Balaban J connectivity index is 2.06. The topological polar surface area (TPSA) is 101 Å². The van der Waals surface area contributed by atoms with Crippen molar-refractivity contribution >= 4 is 51.4 Å². The molecule has 1 aliphatic heterocycles. The number of aryl methyl sites for hydroxylation is 1. The second kappa shape index (κ2) is 8.66. The van der Waals surface area contributed by atoms with Gasteiger partial charge in [0.25, 0.3) is 5.91 Å². The van der Waals surface area contributed by atoms with E-state index in [1.165, 1.54) is 48.3 Å². The molecule has 0 saturated carbocycles. The summed E-state index contributed by atoms with van der Waals surface area (Å²) in [6, 6.07) is 3.19. The van der Waals surface area contributed by atoms with Gasteiger partial charge in [0.05, 0.1) is 24.8 Å². The Hall–Kier alpha value is -2.85. The number of carbonyl (C=O) groups is 2. The van der Waals surface area contributed by atoms with Gasteiger partial charge in [-0.25, -0.2) is 9.78 Å². The third-order valence-corrected chi connectivity index (χ3v) is 5.94. The molecule has 3 rings (SSSR count). The standard InChI is InChI=1S/C19H19N3O5S2/c1-5-22-16(23)13(29-19(22)21-18-20-10(2)9-28-18)8-11-6-7-12(26-3)15(27-4)14(11)17(24)25/h6-9H,5H2,1-4H3,(H,24,25)/b13-8+,21-19+. The van der Waals surface area contributed by atoms with Crippen molar-refractivity contribution in [2.75, 3.05) is 20.8 Å². The lowest BCUT2D eigenvalue weighted by atomic mass is 10.0. The maximum atomic E-state index is 12.8. The molecule has 2 aromatic rings. The highest BCUT2D eigenvalue weighted by atomic mass is 32.2. The van der Waals surface area contributed by atoms with Gasteiger partial charge in [-0.2, -0.15) is 4.99 Å². The maximum Gasteiger partial charge on any atom is 0.340 e. The van der Waals surface area contributed by atoms with Gasteiger partial charge in [0, 0.05) is 11.9 Å². The Morgan fingerprint density at radius 2 is 2.10 bits per heavy atom. The van der Waals surface area contributed by atoms with Crippen LogP contribution in [0.25, 0.3) is 6.08 Å². The number of methoxy groups -OCH3 is 2. The Bertz CT molecular complexity index is 1030. The summed E-state index contributed by atoms with van der Waals surface area (Å²) in [5, 5.41) is 12.6. The van der Waals surface area contributed by atoms with E-state index in [1.807, 2.05) is 19.2 Å². The number of carbonyl (C=O) groups excluding carboxylic acids is 1. The molecule has 10 heteroatoms. The molecule has 1 aromatic carbocycles. The zero-order valence-corrected chi connectivity index (χ0v) is 17.9. The molecule has 1 saturated heterocycles. The number of carboxylic acids is 1. The molecule has 0 radical (unpaired) electrons. The van der Waals surface area contributed by atoms with Crippen LogP contribution < -0.4 is 9.47 Å². The van der Waals surface area contributed by atoms with E-state index in [9.17, 15) is 14.7 Å². The molecule has 1 N–H and O–H groups in total. The second-order valence-electron chi connectivity index (χ2n) is 5.90. The number of nitrogens with zero attached hydrogens (tertiary/aromatic N) is 3. The molecule has 1 amide bonds. The van der Waals surface area contributed by atoms with Crippen LogP contribution >= 0.6 is 23.1 Å². The van der Waals surface area contributed by atoms with E-state index in [-0.39, 0.29) is 17.2 Å². The van der Waals surface area contributed by atoms with Crippen molar-refractivity contribution in [1.29, 1.82) is 0 Å². The minimum absolute atomic E-state index is 0.0725. The highest BCUT2D eigenvalue weighted by molar-refractivity contribution is 8.18. The molecule has 1 aliphatic rings. The van der Waals surface area contributed by atoms with Gasteiger partial charge in [-0.05, 0) is 43.3 Å². The van der Waals surface area contributed by atoms with E-state index in [0.717, 1.165) is 5.69 Å². The van der Waals surface area contributed by atoms with Crippen molar-refractivity contribution < 1.29 is 24.2 Å². The predicted octanol–water partition coefficient (Wildman–Crippen LogP) is 3.79. The Morgan fingerprint density at radius 3 is 2.66 bits per heavy atom. The number of thiazole rings is 1. The summed E-state index contributed by atoms with van der Waals surface area (Å²) >= 11 is 2.58. The van der Waals surface area contributed by atoms with E-state index in [0.29, 0.717) is 33.1 Å². The van der Waals surface area contributed by atoms with Gasteiger partial charge in [-0.15, -0.1) is 11.3 Å². The van der Waals surface area contributed by atoms with Gasteiger partial charge in [-0.1, -0.05) is 6.07 Å². The summed E-state index contributed by atoms with van der Waals surface area (Å²) in [6.07, 6.45) is 1.54. The number of likely N-dealkylation sites (N-methyl/N-ethyl adjacent to an activating group) is 1. The lowest BCUT2D eigenvalue weighted by molar-refractivity contribution is -0.122. The van der Waals surface area contributed by atoms with Crippen molar-refractivity contribution in [3.8, 4) is 11.5 Å². The van der Waals surface area contributed by atoms with Crippen molar-refractivity contribution in [1.82, 2.24) is 9.88 Å². The fourth-order valence-corrected chi connectivity index (χ4v) is 4.53. The van der Waals surface area contributed by atoms with Crippen molar-refractivity contribution in [3.63, 3.8) is 0 Å². The number of hydrogen-bond donors (Lipinski definition) is 1. The summed E-state index contributed by atoms with van der Waals surface area (Å²) in [5.41, 5.74) is 1.13. The number of aliphatic imine (C=N–C) groups is 1. The second-order valence-corrected chi connectivity index (χ2v) is 7.74. The van der Waals surface area contributed by atoms with Gasteiger partial charge < -0.3 is 14.6 Å². The molecular formula is C19H19N3O5S2. The summed E-state index contributed by atoms with van der Waals surface area (Å²) < 4.78 is 10.4. The molecule has 8 nitrogen and oxygen atoms in total. The number of carboxylic acid groups (broad SMARTS) is 1. The number of amides is 1. The van der Waals surface area contributed by atoms with Gasteiger partial charge in [0.2, 0.25) is 5.13 Å². The van der Waals surface area contributed by atoms with Gasteiger partial charge in [0.15, 0.2) is 16.7 Å². The predicted molar refractivity (Wildman–Crippen MR) is 113 cm³/mol. The highest BCUT2D eigenvalue weighted by Crippen LogP contribution is 2.38. The average Bonchev–Trinajstić information content (AvgIpc) is 3.23. The van der Waals surface area contributed by atoms with E-state index in [1.54, 1.807) is 12.1 Å². The Labute approximate surface area is 175 Å². The minimum Gasteiger partial charge on any atom is -0.493 e. The van der Waals surface area contributed by atoms with Crippen LogP contribution in [0.1, 0.15) is 28.5 Å². The van der Waals surface area contributed by atoms with Crippen LogP contribution in [0.5, 0.6) is 11.5 Å². The van der Waals surface area contributed by atoms with Crippen LogP contribution in [0.3, 0.4) is 0 Å². The molecule has 0 spiro atoms. The highest BCUT2D eigenvalue weighted by Gasteiger charge is 2.33. The summed E-state index contributed by atoms with van der Waals surface area (Å²) in [7, 11) is 2.80. The van der Waals surface area contributed by atoms with Gasteiger partial charge in [-0.3, -0.25) is 9.69 Å². The van der Waals surface area contributed by atoms with E-state index in [4.69, 9.17) is 9.47 Å². The van der Waals surface area contributed by atoms with Crippen LogP contribution in [0.2, 0.25) is 0 Å². The van der Waals surface area contributed by atoms with E-state index < -0.39 is 5.97 Å². The third-order valence-electron chi connectivity index (χ3n) is 4.08. The quantitative estimate of drug-likeness (QED) is 0.692. The molecule has 0 atom stereocenters. The van der Waals surface area contributed by atoms with Crippen LogP contribution in [0, 0.1) is 6.92 Å². The molecule has 1 aromatic heterocycles. The zero-order valence-electron chi connectivity index (χ0n) is 16.3. The summed E-state index contributed by atoms with van der Waals surface area (Å²) in [4.78, 5) is 35.4. The number of amidine groups is 1. The normalized spacial score (nSPS) is 16.7. The smallest absolute Gasteiger partial charge is 0.340 e. The number of aromatic nitrogens is 1. The van der Waals surface area contributed by atoms with Crippen LogP contribution in [-0.2, 0) is 4.79 Å². The molecule has 152 valence electrons. The molecule has 0 unspecified atom stereocenters. The fourth-order valence-electron chi connectivity index (χ4n) is 2.77. The zero-order chi connectivity index (χ0) is 21.1. The van der Waals surface area contributed by atoms with Gasteiger partial charge in [0.1, 0.15) is 5.56 Å². The first-order valence-corrected chi connectivity index (χ1v) is 10.3. The van der Waals surface area contributed by atoms with Crippen LogP contribution in [0.4, 0.5) is 5.13 Å². The monoisotopic (exact) mass is 433 g/mol. The number of aromatic carboxylic acids is 1. The molecule has 29 heavy (non-hydrogen) atoms. The number of ether oxygens (including phenoxy) is 2. The van der Waals surface area contributed by atoms with Crippen molar-refractivity contribution in [2.45, 2.75) is 13.8 Å². The summed E-state index contributed by atoms with van der Waals surface area (Å²) in [6.45, 7) is 4.16. The minimum atomic E-state index is -1.18. The number of thioether (sulfide) groups is 1. The van der Waals surface area contributed by atoms with Gasteiger partial charge >= 0.3 is 5.97 Å². The lowest BCUT2D eigenvalue weighted by Crippen LogP contribution is -2.28. The number of rotatable bonds is 6. The number of benzene rings is 1. The average molecular weight is 434 g/mol. The molecule has 2 heterocycles. The Kier molecular flexibility index (Phi) is 6.23. The molecule has 1 fully saturated rings. The number of hydrogen-bond acceptors (Lipinski definition) is 8. The van der Waals surface area contributed by atoms with Crippen molar-refractivity contribution in [2.24, 2.45) is 4.99 Å². The first kappa shape index (κ1) is 20.9. The van der Waals surface area contributed by atoms with Crippen LogP contribution in [0.15, 0.2) is 27.4 Å². The molecule has 0 bridgehead atoms. The first-order valence-electron chi connectivity index (χ1n) is 8.60. The maximum absolute atomic E-state index is 12.8. The summed E-state index contributed by atoms with van der Waals surface area (Å²) in [5.74, 6) is -1.02. The molecule has 0 aliphatic carbocycles. The van der Waals surface area contributed by atoms with E-state index in [2.05, 4.69) is 9.98 Å². The Morgan fingerprint density at radius 1 is 1.34 bits per heavy atom. The SMILES string of the molecule is CCN1C(=O)/C(=C\c2ccc(OC)c(OC)c2C(=O)O)S/C1=N/c1nc(C)cs1. The van der Waals surface area contributed by atoms with E-state index >= 15 is 0 Å². The largest absolute Gasteiger partial charge is 0.493 e. The molecular weight excluding hydrogens is 414 g/mol. The van der Waals surface area contributed by atoms with Crippen LogP contribution in [-0.4, -0.2) is 52.8 Å². The third kappa shape index (κ3) is 4.13. The first-order chi connectivity index (χ1) is 13.9. The lowest BCUT2D eigenvalue weighted by Gasteiger charge is -2.13. The fraction of sp³-hybridized carbons (Fsp3) is 0.263. The van der Waals surface area contributed by atoms with Crippen molar-refractivity contribution in [3.05, 3.63) is 39.2 Å².